The molecule has 4 amide bonds. The molecule has 13 heteroatoms. The van der Waals surface area contributed by atoms with Gasteiger partial charge in [-0.1, -0.05) is 86.7 Å². The van der Waals surface area contributed by atoms with Crippen LogP contribution in [0, 0.1) is 11.8 Å². The Hall–Kier alpha value is -5.04. The van der Waals surface area contributed by atoms with Crippen LogP contribution in [-0.4, -0.2) is 88.5 Å². The summed E-state index contributed by atoms with van der Waals surface area (Å²) in [6, 6.07) is 15.5. The number of aliphatic carboxylic acids is 1. The molecule has 1 saturated heterocycles. The fraction of sp³-hybridized carbons (Fsp3) is 0.444. The second-order valence-electron chi connectivity index (χ2n) is 12.7. The predicted octanol–water partition coefficient (Wildman–Crippen LogP) is 1.97. The van der Waals surface area contributed by atoms with Crippen molar-refractivity contribution in [1.29, 1.82) is 0 Å². The summed E-state index contributed by atoms with van der Waals surface area (Å²) in [6.45, 7) is 4.13. The third kappa shape index (κ3) is 11.0. The topological polar surface area (TPSA) is 174 Å². The molecular weight excluding hydrogens is 630 g/mol. The van der Waals surface area contributed by atoms with Gasteiger partial charge in [-0.05, 0) is 29.9 Å². The van der Waals surface area contributed by atoms with E-state index in [2.05, 4.69) is 16.0 Å². The van der Waals surface area contributed by atoms with Crippen LogP contribution in [0.3, 0.4) is 0 Å². The largest absolute Gasteiger partial charge is 0.480 e. The normalized spacial score (nSPS) is 18.7. The number of hydrogen-bond donors (Lipinski definition) is 4. The summed E-state index contributed by atoms with van der Waals surface area (Å²) >= 11 is 0. The molecule has 0 aromatic heterocycles. The molecule has 0 radical (unpaired) electrons. The number of nitrogens with one attached hydrogen (secondary N) is 3. The number of nitrogens with zero attached hydrogens (tertiary/aromatic N) is 2. The molecule has 2 heterocycles. The highest BCUT2D eigenvalue weighted by atomic mass is 16.5. The number of esters is 1. The van der Waals surface area contributed by atoms with Crippen molar-refractivity contribution in [3.8, 4) is 0 Å². The van der Waals surface area contributed by atoms with Gasteiger partial charge in [0.15, 0.2) is 6.61 Å². The van der Waals surface area contributed by atoms with Crippen molar-refractivity contribution in [2.24, 2.45) is 11.8 Å². The van der Waals surface area contributed by atoms with Gasteiger partial charge < -0.3 is 25.8 Å². The second-order valence-corrected chi connectivity index (χ2v) is 12.7. The van der Waals surface area contributed by atoms with E-state index >= 15 is 0 Å². The zero-order chi connectivity index (χ0) is 35.3. The zero-order valence-corrected chi connectivity index (χ0v) is 27.9. The van der Waals surface area contributed by atoms with Crippen LogP contribution in [0.5, 0.6) is 0 Å². The molecule has 0 aliphatic carbocycles. The standard InChI is InChI=1S/C36H45N5O8/c1-24(2)18-30(36(48)49-23-32(43)38-29(35(46)47)19-25-10-5-3-6-11-25)39-31(42)20-28-14-9-17-40-33(44)16-15-27(34(45)41(28)40)22-37-21-26-12-7-4-8-13-26/h3-14,24,27-30,37H,15-23H2,1-2H3,(H,38,43)(H,39,42)(H,46,47)/t27?,28?,29-,30+/m1/s1. The highest BCUT2D eigenvalue weighted by molar-refractivity contribution is 5.90. The van der Waals surface area contributed by atoms with E-state index in [1.54, 1.807) is 42.5 Å². The van der Waals surface area contributed by atoms with Gasteiger partial charge in [0.1, 0.15) is 12.1 Å². The van der Waals surface area contributed by atoms with Crippen molar-refractivity contribution in [3.63, 3.8) is 0 Å². The summed E-state index contributed by atoms with van der Waals surface area (Å²) in [5.41, 5.74) is 1.78. The molecule has 0 spiro atoms. The lowest BCUT2D eigenvalue weighted by Gasteiger charge is -2.41. The van der Waals surface area contributed by atoms with Crippen LogP contribution < -0.4 is 16.0 Å². The minimum atomic E-state index is -1.23. The fourth-order valence-electron chi connectivity index (χ4n) is 5.89. The van der Waals surface area contributed by atoms with Crippen LogP contribution in [0.4, 0.5) is 0 Å². The summed E-state index contributed by atoms with van der Waals surface area (Å²) in [5, 5.41) is 20.7. The van der Waals surface area contributed by atoms with Gasteiger partial charge in [-0.2, -0.15) is 0 Å². The predicted molar refractivity (Wildman–Crippen MR) is 179 cm³/mol. The van der Waals surface area contributed by atoms with Crippen LogP contribution in [0.25, 0.3) is 0 Å². The zero-order valence-electron chi connectivity index (χ0n) is 27.9. The maximum Gasteiger partial charge on any atom is 0.329 e. The molecule has 2 unspecified atom stereocenters. The molecule has 49 heavy (non-hydrogen) atoms. The molecule has 2 aromatic carbocycles. The SMILES string of the molecule is CC(C)C[C@H](NC(=O)CC1C=CCN2C(=O)CCC(CNCc3ccccc3)C(=O)N12)C(=O)OCC(=O)N[C@H](Cc1ccccc1)C(=O)O. The third-order valence-corrected chi connectivity index (χ3v) is 8.33. The van der Waals surface area contributed by atoms with Crippen molar-refractivity contribution in [3.05, 3.63) is 83.9 Å². The Bertz CT molecular complexity index is 1500. The first-order chi connectivity index (χ1) is 23.5. The van der Waals surface area contributed by atoms with Gasteiger partial charge in [0.25, 0.3) is 5.91 Å². The molecule has 4 atom stereocenters. The molecule has 1 fully saturated rings. The first-order valence-corrected chi connectivity index (χ1v) is 16.6. The van der Waals surface area contributed by atoms with E-state index in [4.69, 9.17) is 4.74 Å². The van der Waals surface area contributed by atoms with Crippen molar-refractivity contribution in [2.75, 3.05) is 19.7 Å². The van der Waals surface area contributed by atoms with Gasteiger partial charge in [0, 0.05) is 25.9 Å². The number of hydrazine groups is 1. The molecule has 2 aromatic rings. The molecule has 4 N–H and O–H groups in total. The Labute approximate surface area is 286 Å². The number of carbonyl (C=O) groups excluding carboxylic acids is 5. The van der Waals surface area contributed by atoms with Crippen LogP contribution in [0.1, 0.15) is 50.7 Å². The average Bonchev–Trinajstić information content (AvgIpc) is 3.19. The Morgan fingerprint density at radius 1 is 0.918 bits per heavy atom. The lowest BCUT2D eigenvalue weighted by atomic mass is 10.0. The fourth-order valence-corrected chi connectivity index (χ4v) is 5.89. The highest BCUT2D eigenvalue weighted by Crippen LogP contribution is 2.26. The third-order valence-electron chi connectivity index (χ3n) is 8.33. The van der Waals surface area contributed by atoms with Gasteiger partial charge in [0.2, 0.25) is 17.7 Å². The van der Waals surface area contributed by atoms with Crippen molar-refractivity contribution >= 4 is 35.6 Å². The van der Waals surface area contributed by atoms with Crippen LogP contribution in [0.15, 0.2) is 72.8 Å². The number of carbonyl (C=O) groups is 6. The van der Waals surface area contributed by atoms with E-state index in [1.165, 1.54) is 10.0 Å². The number of carboxylic acid groups (broad SMARTS) is 1. The van der Waals surface area contributed by atoms with Crippen LogP contribution >= 0.6 is 0 Å². The molecule has 0 saturated carbocycles. The minimum Gasteiger partial charge on any atom is -0.480 e. The summed E-state index contributed by atoms with van der Waals surface area (Å²) in [6.07, 6.45) is 4.08. The van der Waals surface area contributed by atoms with Crippen molar-refractivity contribution < 1.29 is 38.6 Å². The molecule has 4 rings (SSSR count). The van der Waals surface area contributed by atoms with Crippen molar-refractivity contribution in [1.82, 2.24) is 26.0 Å². The molecule has 0 bridgehead atoms. The van der Waals surface area contributed by atoms with E-state index in [1.807, 2.05) is 44.2 Å². The summed E-state index contributed by atoms with van der Waals surface area (Å²) < 4.78 is 5.21. The maximum absolute atomic E-state index is 13.8. The Kier molecular flexibility index (Phi) is 13.5. The average molecular weight is 676 g/mol. The van der Waals surface area contributed by atoms with E-state index in [-0.39, 0.29) is 50.0 Å². The molecule has 262 valence electrons. The summed E-state index contributed by atoms with van der Waals surface area (Å²) in [4.78, 5) is 77.5. The van der Waals surface area contributed by atoms with E-state index < -0.39 is 54.4 Å². The van der Waals surface area contributed by atoms with E-state index in [9.17, 15) is 33.9 Å². The molecule has 2 aliphatic heterocycles. The summed E-state index contributed by atoms with van der Waals surface area (Å²) in [7, 11) is 0. The number of amides is 4. The number of rotatable bonds is 16. The van der Waals surface area contributed by atoms with Crippen LogP contribution in [0.2, 0.25) is 0 Å². The summed E-state index contributed by atoms with van der Waals surface area (Å²) in [5.74, 6) is -4.39. The van der Waals surface area contributed by atoms with Gasteiger partial charge in [-0.15, -0.1) is 0 Å². The first kappa shape index (κ1) is 36.8. The van der Waals surface area contributed by atoms with Gasteiger partial charge in [-0.3, -0.25) is 19.2 Å². The van der Waals surface area contributed by atoms with Gasteiger partial charge in [0.05, 0.1) is 24.9 Å². The number of benzene rings is 2. The Morgan fingerprint density at radius 2 is 1.57 bits per heavy atom. The monoisotopic (exact) mass is 675 g/mol. The highest BCUT2D eigenvalue weighted by Gasteiger charge is 2.40. The maximum atomic E-state index is 13.8. The minimum absolute atomic E-state index is 0.0343. The lowest BCUT2D eigenvalue weighted by Crippen LogP contribution is -2.57. The number of fused-ring (bicyclic) bond motifs is 1. The second kappa shape index (κ2) is 17.9. The smallest absolute Gasteiger partial charge is 0.329 e. The first-order valence-electron chi connectivity index (χ1n) is 16.6. The van der Waals surface area contributed by atoms with E-state index in [0.29, 0.717) is 25.1 Å². The number of ether oxygens (including phenoxy) is 1. The van der Waals surface area contributed by atoms with Crippen LogP contribution in [-0.2, 0) is 46.5 Å². The molecule has 13 nitrogen and oxygen atoms in total. The molecule has 2 aliphatic rings. The quantitative estimate of drug-likeness (QED) is 0.153. The van der Waals surface area contributed by atoms with Gasteiger partial charge >= 0.3 is 11.9 Å². The van der Waals surface area contributed by atoms with Crippen molar-refractivity contribution in [2.45, 2.75) is 70.6 Å². The number of hydrogen-bond acceptors (Lipinski definition) is 8. The molecular formula is C36H45N5O8. The van der Waals surface area contributed by atoms with Gasteiger partial charge in [-0.25, -0.2) is 19.6 Å². The Balaban J connectivity index is 1.34. The Morgan fingerprint density at radius 3 is 2.22 bits per heavy atom. The number of carboxylic acids is 1. The lowest BCUT2D eigenvalue weighted by molar-refractivity contribution is -0.167. The van der Waals surface area contributed by atoms with E-state index in [0.717, 1.165) is 5.56 Å².